The molecule has 0 fully saturated rings. The maximum absolute atomic E-state index is 11.6. The van der Waals surface area contributed by atoms with Crippen molar-refractivity contribution in [2.45, 2.75) is 6.42 Å². The molecule has 94 valence electrons. The van der Waals surface area contributed by atoms with Crippen molar-refractivity contribution in [1.82, 2.24) is 5.32 Å². The summed E-state index contributed by atoms with van der Waals surface area (Å²) in [4.78, 5) is 22.6. The predicted octanol–water partition coefficient (Wildman–Crippen LogP) is 2.29. The van der Waals surface area contributed by atoms with E-state index in [0.717, 1.165) is 0 Å². The first-order chi connectivity index (χ1) is 8.63. The largest absolute Gasteiger partial charge is 0.462 e. The van der Waals surface area contributed by atoms with Crippen LogP contribution >= 0.6 is 11.6 Å². The number of carbonyl (C=O) groups is 2. The van der Waals surface area contributed by atoms with E-state index in [1.54, 1.807) is 24.3 Å². The summed E-state index contributed by atoms with van der Waals surface area (Å²) in [6.45, 7) is 0.284. The first-order valence-electron chi connectivity index (χ1n) is 5.34. The normalized spacial score (nSPS) is 14.5. The molecule has 18 heavy (non-hydrogen) atoms. The van der Waals surface area contributed by atoms with Crippen LogP contribution in [0.3, 0.4) is 0 Å². The van der Waals surface area contributed by atoms with Gasteiger partial charge in [-0.2, -0.15) is 0 Å². The Balaban J connectivity index is 1.92. The molecular weight excluding hydrogens is 256 g/mol. The van der Waals surface area contributed by atoms with Crippen molar-refractivity contribution in [3.05, 3.63) is 41.1 Å². The molecule has 6 heteroatoms. The Bertz CT molecular complexity index is 497. The standard InChI is InChI=1S/C12H11ClN2O3/c13-8-1-3-9(4-2-8)14-12(17)15-10-5-6-18-11(16)7-10/h1-4,7H,5-6H2,(H2,14,15,17). The van der Waals surface area contributed by atoms with E-state index in [0.29, 0.717) is 22.8 Å². The highest BCUT2D eigenvalue weighted by atomic mass is 35.5. The van der Waals surface area contributed by atoms with E-state index < -0.39 is 12.0 Å². The first kappa shape index (κ1) is 12.4. The summed E-state index contributed by atoms with van der Waals surface area (Å²) in [6, 6.07) is 6.32. The number of benzene rings is 1. The monoisotopic (exact) mass is 266 g/mol. The highest BCUT2D eigenvalue weighted by Crippen LogP contribution is 2.13. The molecule has 0 spiro atoms. The van der Waals surface area contributed by atoms with Gasteiger partial charge in [-0.25, -0.2) is 9.59 Å². The van der Waals surface area contributed by atoms with Crippen molar-refractivity contribution < 1.29 is 14.3 Å². The molecule has 0 radical (unpaired) electrons. The van der Waals surface area contributed by atoms with Crippen LogP contribution in [0, 0.1) is 0 Å². The fourth-order valence-electron chi connectivity index (χ4n) is 1.46. The van der Waals surface area contributed by atoms with E-state index in [2.05, 4.69) is 10.6 Å². The molecule has 0 unspecified atom stereocenters. The number of cyclic esters (lactones) is 1. The summed E-state index contributed by atoms with van der Waals surface area (Å²) >= 11 is 5.73. The molecule has 0 saturated carbocycles. The fraction of sp³-hybridized carbons (Fsp3) is 0.167. The van der Waals surface area contributed by atoms with Crippen LogP contribution < -0.4 is 10.6 Å². The van der Waals surface area contributed by atoms with Crippen LogP contribution in [-0.4, -0.2) is 18.6 Å². The second-order valence-electron chi connectivity index (χ2n) is 3.67. The number of halogens is 1. The van der Waals surface area contributed by atoms with Crippen LogP contribution in [0.2, 0.25) is 5.02 Å². The third kappa shape index (κ3) is 3.49. The molecule has 0 atom stereocenters. The highest BCUT2D eigenvalue weighted by Gasteiger charge is 2.12. The van der Waals surface area contributed by atoms with Gasteiger partial charge in [0, 0.05) is 28.9 Å². The van der Waals surface area contributed by atoms with E-state index >= 15 is 0 Å². The second kappa shape index (κ2) is 5.55. The number of hydrogen-bond acceptors (Lipinski definition) is 3. The maximum Gasteiger partial charge on any atom is 0.332 e. The van der Waals surface area contributed by atoms with Crippen LogP contribution in [0.1, 0.15) is 6.42 Å². The molecule has 0 aromatic heterocycles. The Hall–Kier alpha value is -2.01. The Kier molecular flexibility index (Phi) is 3.84. The van der Waals surface area contributed by atoms with Gasteiger partial charge < -0.3 is 15.4 Å². The van der Waals surface area contributed by atoms with Gasteiger partial charge in [0.2, 0.25) is 0 Å². The number of anilines is 1. The van der Waals surface area contributed by atoms with E-state index in [-0.39, 0.29) is 6.61 Å². The maximum atomic E-state index is 11.6. The number of nitrogens with one attached hydrogen (secondary N) is 2. The molecule has 2 N–H and O–H groups in total. The van der Waals surface area contributed by atoms with E-state index in [1.165, 1.54) is 6.08 Å². The zero-order valence-electron chi connectivity index (χ0n) is 9.40. The van der Waals surface area contributed by atoms with Gasteiger partial charge in [0.1, 0.15) is 0 Å². The summed E-state index contributed by atoms with van der Waals surface area (Å²) in [6.07, 6.45) is 1.77. The van der Waals surface area contributed by atoms with Crippen molar-refractivity contribution in [2.75, 3.05) is 11.9 Å². The van der Waals surface area contributed by atoms with Gasteiger partial charge in [-0.15, -0.1) is 0 Å². The number of ether oxygens (including phenoxy) is 1. The first-order valence-corrected chi connectivity index (χ1v) is 5.72. The summed E-state index contributed by atoms with van der Waals surface area (Å²) in [5.41, 5.74) is 1.16. The third-order valence-electron chi connectivity index (χ3n) is 2.28. The van der Waals surface area contributed by atoms with Crippen LogP contribution in [-0.2, 0) is 9.53 Å². The lowest BCUT2D eigenvalue weighted by Crippen LogP contribution is -2.30. The molecular formula is C12H11ClN2O3. The second-order valence-corrected chi connectivity index (χ2v) is 4.11. The van der Waals surface area contributed by atoms with Gasteiger partial charge in [-0.1, -0.05) is 11.6 Å². The minimum atomic E-state index is -0.442. The number of esters is 1. The van der Waals surface area contributed by atoms with Gasteiger partial charge in [-0.05, 0) is 24.3 Å². The Morgan fingerprint density at radius 3 is 2.61 bits per heavy atom. The highest BCUT2D eigenvalue weighted by molar-refractivity contribution is 6.30. The Morgan fingerprint density at radius 1 is 1.22 bits per heavy atom. The van der Waals surface area contributed by atoms with Crippen molar-refractivity contribution in [3.8, 4) is 0 Å². The lowest BCUT2D eigenvalue weighted by atomic mass is 10.2. The van der Waals surface area contributed by atoms with Gasteiger partial charge in [0.15, 0.2) is 0 Å². The molecule has 5 nitrogen and oxygen atoms in total. The quantitative estimate of drug-likeness (QED) is 0.807. The van der Waals surface area contributed by atoms with Crippen molar-refractivity contribution in [2.24, 2.45) is 0 Å². The van der Waals surface area contributed by atoms with E-state index in [4.69, 9.17) is 16.3 Å². The minimum absolute atomic E-state index is 0.284. The summed E-state index contributed by atoms with van der Waals surface area (Å²) in [7, 11) is 0. The number of hydrogen-bond donors (Lipinski definition) is 2. The molecule has 0 aliphatic carbocycles. The summed E-state index contributed by atoms with van der Waals surface area (Å²) in [5.74, 6) is -0.442. The van der Waals surface area contributed by atoms with E-state index in [1.807, 2.05) is 0 Å². The molecule has 1 aliphatic rings. The molecule has 1 heterocycles. The molecule has 1 aromatic carbocycles. The van der Waals surface area contributed by atoms with Crippen LogP contribution in [0.4, 0.5) is 10.5 Å². The molecule has 2 amide bonds. The Morgan fingerprint density at radius 2 is 1.94 bits per heavy atom. The zero-order valence-corrected chi connectivity index (χ0v) is 10.2. The smallest absolute Gasteiger partial charge is 0.332 e. The molecule has 0 bridgehead atoms. The van der Waals surface area contributed by atoms with Crippen LogP contribution in [0.5, 0.6) is 0 Å². The SMILES string of the molecule is O=C(NC1=CC(=O)OCC1)Nc1ccc(Cl)cc1. The van der Waals surface area contributed by atoms with Crippen molar-refractivity contribution in [3.63, 3.8) is 0 Å². The lowest BCUT2D eigenvalue weighted by molar-refractivity contribution is -0.138. The number of amides is 2. The number of carbonyl (C=O) groups excluding carboxylic acids is 2. The fourth-order valence-corrected chi connectivity index (χ4v) is 1.58. The van der Waals surface area contributed by atoms with Gasteiger partial charge in [0.25, 0.3) is 0 Å². The summed E-state index contributed by atoms with van der Waals surface area (Å²) in [5, 5.41) is 5.82. The number of urea groups is 1. The Labute approximate surface area is 109 Å². The molecule has 2 rings (SSSR count). The van der Waals surface area contributed by atoms with Crippen LogP contribution in [0.15, 0.2) is 36.0 Å². The number of rotatable bonds is 2. The molecule has 1 aliphatic heterocycles. The third-order valence-corrected chi connectivity index (χ3v) is 2.54. The van der Waals surface area contributed by atoms with Crippen LogP contribution in [0.25, 0.3) is 0 Å². The van der Waals surface area contributed by atoms with Crippen molar-refractivity contribution >= 4 is 29.3 Å². The van der Waals surface area contributed by atoms with Crippen molar-refractivity contribution in [1.29, 1.82) is 0 Å². The average molecular weight is 267 g/mol. The topological polar surface area (TPSA) is 67.4 Å². The lowest BCUT2D eigenvalue weighted by Gasteiger charge is -2.14. The average Bonchev–Trinajstić information content (AvgIpc) is 2.32. The summed E-state index contributed by atoms with van der Waals surface area (Å²) < 4.78 is 4.72. The zero-order chi connectivity index (χ0) is 13.0. The van der Waals surface area contributed by atoms with E-state index in [9.17, 15) is 9.59 Å². The predicted molar refractivity (Wildman–Crippen MR) is 67.3 cm³/mol. The molecule has 1 aromatic rings. The molecule has 0 saturated heterocycles. The van der Waals surface area contributed by atoms with Gasteiger partial charge in [0.05, 0.1) is 6.61 Å². The van der Waals surface area contributed by atoms with Gasteiger partial charge in [-0.3, -0.25) is 0 Å². The minimum Gasteiger partial charge on any atom is -0.462 e. The van der Waals surface area contributed by atoms with Gasteiger partial charge >= 0.3 is 12.0 Å².